The molecular formula is C16H20N2O2. The van der Waals surface area contributed by atoms with Gasteiger partial charge in [-0.3, -0.25) is 4.79 Å². The van der Waals surface area contributed by atoms with Crippen molar-refractivity contribution in [2.75, 3.05) is 20.2 Å². The zero-order valence-corrected chi connectivity index (χ0v) is 11.9. The number of likely N-dealkylation sites (N-methyl/N-ethyl adjacent to an activating group) is 1. The number of rotatable bonds is 6. The molecule has 0 heterocycles. The highest BCUT2D eigenvalue weighted by molar-refractivity contribution is 5.84. The van der Waals surface area contributed by atoms with Gasteiger partial charge in [-0.15, -0.1) is 0 Å². The molecule has 0 atom stereocenters. The number of fused-ring (bicyclic) bond motifs is 1. The van der Waals surface area contributed by atoms with E-state index in [1.165, 1.54) is 5.39 Å². The predicted molar refractivity (Wildman–Crippen MR) is 80.9 cm³/mol. The number of hydrogen-bond donors (Lipinski definition) is 2. The molecule has 2 rings (SSSR count). The molecule has 0 bridgehead atoms. The van der Waals surface area contributed by atoms with Gasteiger partial charge in [-0.2, -0.15) is 0 Å². The minimum absolute atomic E-state index is 0.0259. The van der Waals surface area contributed by atoms with Crippen LogP contribution in [-0.2, 0) is 11.3 Å². The maximum Gasteiger partial charge on any atom is 0.233 e. The smallest absolute Gasteiger partial charge is 0.233 e. The van der Waals surface area contributed by atoms with Crippen molar-refractivity contribution in [2.45, 2.75) is 13.5 Å². The number of ether oxygens (including phenoxy) is 1. The molecule has 4 nitrogen and oxygen atoms in total. The molecule has 2 aromatic rings. The Hall–Kier alpha value is -2.07. The number of benzene rings is 2. The van der Waals surface area contributed by atoms with Crippen molar-refractivity contribution in [3.05, 3.63) is 42.0 Å². The van der Waals surface area contributed by atoms with Crippen molar-refractivity contribution in [3.63, 3.8) is 0 Å². The topological polar surface area (TPSA) is 50.4 Å². The molecule has 0 saturated heterocycles. The summed E-state index contributed by atoms with van der Waals surface area (Å²) in [6.07, 6.45) is 0. The second-order valence-electron chi connectivity index (χ2n) is 4.60. The molecule has 0 spiro atoms. The highest BCUT2D eigenvalue weighted by Crippen LogP contribution is 2.21. The molecule has 106 valence electrons. The highest BCUT2D eigenvalue weighted by Gasteiger charge is 2.01. The fraction of sp³-hybridized carbons (Fsp3) is 0.312. The number of carbonyl (C=O) groups excluding carboxylic acids is 1. The van der Waals surface area contributed by atoms with Gasteiger partial charge in [-0.1, -0.05) is 18.2 Å². The molecule has 0 radical (unpaired) electrons. The number of methoxy groups -OCH3 is 1. The van der Waals surface area contributed by atoms with E-state index in [9.17, 15) is 4.79 Å². The van der Waals surface area contributed by atoms with Gasteiger partial charge < -0.3 is 15.4 Å². The third-order valence-corrected chi connectivity index (χ3v) is 3.10. The first-order valence-corrected chi connectivity index (χ1v) is 6.77. The van der Waals surface area contributed by atoms with E-state index < -0.39 is 0 Å². The minimum Gasteiger partial charge on any atom is -0.497 e. The summed E-state index contributed by atoms with van der Waals surface area (Å²) in [6, 6.07) is 12.3. The van der Waals surface area contributed by atoms with Crippen LogP contribution in [0.1, 0.15) is 12.5 Å². The second kappa shape index (κ2) is 6.91. The molecule has 0 aromatic heterocycles. The standard InChI is InChI=1S/C16H20N2O2/c1-3-18-16(19)11-17-10-12-4-5-14-9-15(20-2)7-6-13(14)8-12/h4-9,17H,3,10-11H2,1-2H3,(H,18,19). The molecule has 4 heteroatoms. The third kappa shape index (κ3) is 3.71. The maximum atomic E-state index is 11.3. The van der Waals surface area contributed by atoms with E-state index >= 15 is 0 Å². The van der Waals surface area contributed by atoms with Crippen LogP contribution < -0.4 is 15.4 Å². The fourth-order valence-electron chi connectivity index (χ4n) is 2.09. The summed E-state index contributed by atoms with van der Waals surface area (Å²) in [4.78, 5) is 11.3. The maximum absolute atomic E-state index is 11.3. The normalized spacial score (nSPS) is 10.5. The van der Waals surface area contributed by atoms with Crippen molar-refractivity contribution in [3.8, 4) is 5.75 Å². The molecule has 0 unspecified atom stereocenters. The molecule has 0 aliphatic heterocycles. The molecule has 0 saturated carbocycles. The lowest BCUT2D eigenvalue weighted by Crippen LogP contribution is -2.33. The van der Waals surface area contributed by atoms with Gasteiger partial charge in [0.2, 0.25) is 5.91 Å². The third-order valence-electron chi connectivity index (χ3n) is 3.10. The van der Waals surface area contributed by atoms with E-state index in [0.29, 0.717) is 19.6 Å². The lowest BCUT2D eigenvalue weighted by atomic mass is 10.1. The van der Waals surface area contributed by atoms with Gasteiger partial charge in [-0.25, -0.2) is 0 Å². The van der Waals surface area contributed by atoms with E-state index in [1.807, 2.05) is 25.1 Å². The molecule has 2 N–H and O–H groups in total. The van der Waals surface area contributed by atoms with Crippen molar-refractivity contribution < 1.29 is 9.53 Å². The second-order valence-corrected chi connectivity index (χ2v) is 4.60. The van der Waals surface area contributed by atoms with E-state index in [0.717, 1.165) is 16.7 Å². The first-order valence-electron chi connectivity index (χ1n) is 6.77. The van der Waals surface area contributed by atoms with Gasteiger partial charge in [0.05, 0.1) is 13.7 Å². The average Bonchev–Trinajstić information content (AvgIpc) is 2.47. The molecule has 1 amide bonds. The van der Waals surface area contributed by atoms with E-state index in [-0.39, 0.29) is 5.91 Å². The summed E-state index contributed by atoms with van der Waals surface area (Å²) in [5.74, 6) is 0.887. The lowest BCUT2D eigenvalue weighted by molar-refractivity contribution is -0.120. The van der Waals surface area contributed by atoms with Crippen molar-refractivity contribution >= 4 is 16.7 Å². The SMILES string of the molecule is CCNC(=O)CNCc1ccc2cc(OC)ccc2c1. The number of carbonyl (C=O) groups is 1. The Morgan fingerprint density at radius 3 is 2.65 bits per heavy atom. The van der Waals surface area contributed by atoms with Gasteiger partial charge in [-0.05, 0) is 41.5 Å². The Bertz CT molecular complexity index is 596. The monoisotopic (exact) mass is 272 g/mol. The molecule has 0 fully saturated rings. The predicted octanol–water partition coefficient (Wildman–Crippen LogP) is 2.07. The Labute approximate surface area is 119 Å². The zero-order valence-electron chi connectivity index (χ0n) is 11.9. The van der Waals surface area contributed by atoms with Crippen molar-refractivity contribution in [1.29, 1.82) is 0 Å². The van der Waals surface area contributed by atoms with Gasteiger partial charge in [0, 0.05) is 13.1 Å². The largest absolute Gasteiger partial charge is 0.497 e. The van der Waals surface area contributed by atoms with Crippen molar-refractivity contribution in [1.82, 2.24) is 10.6 Å². The number of amides is 1. The van der Waals surface area contributed by atoms with Crippen LogP contribution in [0.4, 0.5) is 0 Å². The van der Waals surface area contributed by atoms with Gasteiger partial charge in [0.1, 0.15) is 5.75 Å². The number of nitrogens with one attached hydrogen (secondary N) is 2. The summed E-state index contributed by atoms with van der Waals surface area (Å²) in [5, 5.41) is 8.21. The molecule has 0 aliphatic rings. The van der Waals surface area contributed by atoms with Crippen molar-refractivity contribution in [2.24, 2.45) is 0 Å². The number of hydrogen-bond acceptors (Lipinski definition) is 3. The summed E-state index contributed by atoms with van der Waals surface area (Å²) >= 11 is 0. The summed E-state index contributed by atoms with van der Waals surface area (Å²) in [5.41, 5.74) is 1.16. The van der Waals surface area contributed by atoms with Crippen LogP contribution in [0, 0.1) is 0 Å². The fourth-order valence-corrected chi connectivity index (χ4v) is 2.09. The minimum atomic E-state index is 0.0259. The quantitative estimate of drug-likeness (QED) is 0.846. The van der Waals surface area contributed by atoms with Crippen LogP contribution in [0.25, 0.3) is 10.8 Å². The molecule has 20 heavy (non-hydrogen) atoms. The van der Waals surface area contributed by atoms with Crippen LogP contribution in [0.5, 0.6) is 5.75 Å². The van der Waals surface area contributed by atoms with Crippen LogP contribution in [0.15, 0.2) is 36.4 Å². The first kappa shape index (κ1) is 14.3. The summed E-state index contributed by atoms with van der Waals surface area (Å²) in [7, 11) is 1.67. The van der Waals surface area contributed by atoms with E-state index in [1.54, 1.807) is 7.11 Å². The van der Waals surface area contributed by atoms with Gasteiger partial charge >= 0.3 is 0 Å². The van der Waals surface area contributed by atoms with Gasteiger partial charge in [0.15, 0.2) is 0 Å². The zero-order chi connectivity index (χ0) is 14.4. The van der Waals surface area contributed by atoms with E-state index in [2.05, 4.69) is 28.8 Å². The van der Waals surface area contributed by atoms with Crippen LogP contribution in [0.2, 0.25) is 0 Å². The molecular weight excluding hydrogens is 252 g/mol. The highest BCUT2D eigenvalue weighted by atomic mass is 16.5. The van der Waals surface area contributed by atoms with Crippen LogP contribution in [-0.4, -0.2) is 26.1 Å². The Morgan fingerprint density at radius 1 is 1.15 bits per heavy atom. The average molecular weight is 272 g/mol. The Balaban J connectivity index is 1.99. The Kier molecular flexibility index (Phi) is 4.96. The first-order chi connectivity index (χ1) is 9.72. The van der Waals surface area contributed by atoms with E-state index in [4.69, 9.17) is 4.74 Å². The Morgan fingerprint density at radius 2 is 1.90 bits per heavy atom. The molecule has 2 aromatic carbocycles. The lowest BCUT2D eigenvalue weighted by Gasteiger charge is -2.07. The van der Waals surface area contributed by atoms with Gasteiger partial charge in [0.25, 0.3) is 0 Å². The summed E-state index contributed by atoms with van der Waals surface area (Å²) < 4.78 is 5.21. The van der Waals surface area contributed by atoms with Crippen LogP contribution >= 0.6 is 0 Å². The molecule has 0 aliphatic carbocycles. The summed E-state index contributed by atoms with van der Waals surface area (Å²) in [6.45, 7) is 3.60. The van der Waals surface area contributed by atoms with Crippen LogP contribution in [0.3, 0.4) is 0 Å².